The molecule has 2 rings (SSSR count). The van der Waals surface area contributed by atoms with Gasteiger partial charge in [-0.3, -0.25) is 5.10 Å². The van der Waals surface area contributed by atoms with E-state index in [-0.39, 0.29) is 0 Å². The van der Waals surface area contributed by atoms with Crippen LogP contribution in [0.5, 0.6) is 0 Å². The Bertz CT molecular complexity index is 529. The molecule has 0 amide bonds. The number of H-pyrrole nitrogens is 1. The molecule has 0 aliphatic heterocycles. The summed E-state index contributed by atoms with van der Waals surface area (Å²) in [5, 5.41) is 18.8. The zero-order valence-corrected chi connectivity index (χ0v) is 10.1. The van der Waals surface area contributed by atoms with E-state index in [0.717, 1.165) is 16.4 Å². The normalized spacial score (nSPS) is 9.88. The molecule has 0 unspecified atom stereocenters. The van der Waals surface area contributed by atoms with E-state index in [1.807, 2.05) is 24.5 Å². The van der Waals surface area contributed by atoms with Gasteiger partial charge in [-0.25, -0.2) is 4.98 Å². The molecular weight excluding hydrogens is 234 g/mol. The third kappa shape index (κ3) is 2.57. The minimum absolute atomic E-state index is 0.520. The number of rotatable bonds is 4. The summed E-state index contributed by atoms with van der Waals surface area (Å²) in [4.78, 5) is 4.98. The molecule has 86 valence electrons. The lowest BCUT2D eigenvalue weighted by atomic mass is 10.2. The van der Waals surface area contributed by atoms with Crippen LogP contribution in [-0.2, 0) is 6.54 Å². The van der Waals surface area contributed by atoms with Gasteiger partial charge >= 0.3 is 0 Å². The van der Waals surface area contributed by atoms with E-state index < -0.39 is 0 Å². The number of aromatic amines is 1. The van der Waals surface area contributed by atoms with Crippen molar-refractivity contribution in [1.29, 1.82) is 5.26 Å². The van der Waals surface area contributed by atoms with Gasteiger partial charge in [0, 0.05) is 4.90 Å². The maximum absolute atomic E-state index is 9.15. The van der Waals surface area contributed by atoms with Gasteiger partial charge in [0.15, 0.2) is 0 Å². The van der Waals surface area contributed by atoms with Gasteiger partial charge in [-0.15, -0.1) is 11.8 Å². The molecule has 2 N–H and O–H groups in total. The van der Waals surface area contributed by atoms with E-state index in [2.05, 4.69) is 26.6 Å². The topological polar surface area (TPSA) is 77.4 Å². The van der Waals surface area contributed by atoms with Gasteiger partial charge in [-0.05, 0) is 18.4 Å². The van der Waals surface area contributed by atoms with E-state index in [0.29, 0.717) is 12.1 Å². The summed E-state index contributed by atoms with van der Waals surface area (Å²) in [6.07, 6.45) is 3.41. The molecule has 0 aliphatic carbocycles. The third-order valence-electron chi connectivity index (χ3n) is 2.27. The monoisotopic (exact) mass is 245 g/mol. The third-order valence-corrected chi connectivity index (χ3v) is 3.05. The molecule has 0 atom stereocenters. The first kappa shape index (κ1) is 11.5. The smallest absolute Gasteiger partial charge is 0.143 e. The first-order chi connectivity index (χ1) is 8.35. The van der Waals surface area contributed by atoms with Crippen molar-refractivity contribution in [2.45, 2.75) is 11.4 Å². The van der Waals surface area contributed by atoms with Crippen LogP contribution >= 0.6 is 11.8 Å². The highest BCUT2D eigenvalue weighted by atomic mass is 32.2. The number of hydrogen-bond acceptors (Lipinski definition) is 5. The zero-order chi connectivity index (χ0) is 12.1. The van der Waals surface area contributed by atoms with Crippen LogP contribution in [0.1, 0.15) is 11.4 Å². The predicted molar refractivity (Wildman–Crippen MR) is 66.6 cm³/mol. The first-order valence-electron chi connectivity index (χ1n) is 5.00. The Hall–Kier alpha value is -2.00. The molecule has 0 saturated heterocycles. The van der Waals surface area contributed by atoms with Crippen molar-refractivity contribution in [2.75, 3.05) is 11.6 Å². The molecule has 0 spiro atoms. The van der Waals surface area contributed by atoms with Gasteiger partial charge < -0.3 is 5.32 Å². The van der Waals surface area contributed by atoms with Crippen molar-refractivity contribution < 1.29 is 0 Å². The number of nitrogens with zero attached hydrogens (tertiary/aromatic N) is 3. The van der Waals surface area contributed by atoms with Crippen LogP contribution in [0.3, 0.4) is 0 Å². The van der Waals surface area contributed by atoms with Crippen molar-refractivity contribution >= 4 is 17.4 Å². The van der Waals surface area contributed by atoms with Crippen LogP contribution < -0.4 is 5.32 Å². The summed E-state index contributed by atoms with van der Waals surface area (Å²) in [5.41, 5.74) is 1.48. The number of thioether (sulfide) groups is 1. The van der Waals surface area contributed by atoms with Gasteiger partial charge in [-0.1, -0.05) is 6.07 Å². The van der Waals surface area contributed by atoms with Crippen molar-refractivity contribution in [3.63, 3.8) is 0 Å². The molecule has 1 aromatic heterocycles. The average Bonchev–Trinajstić information content (AvgIpc) is 2.88. The molecule has 5 nitrogen and oxygen atoms in total. The second kappa shape index (κ2) is 5.37. The summed E-state index contributed by atoms with van der Waals surface area (Å²) in [6.45, 7) is 0.520. The van der Waals surface area contributed by atoms with Crippen LogP contribution in [0.4, 0.5) is 5.69 Å². The lowest BCUT2D eigenvalue weighted by Crippen LogP contribution is -2.03. The van der Waals surface area contributed by atoms with E-state index in [4.69, 9.17) is 5.26 Å². The maximum Gasteiger partial charge on any atom is 0.143 e. The number of hydrogen-bond donors (Lipinski definition) is 2. The molecule has 0 fully saturated rings. The van der Waals surface area contributed by atoms with Crippen LogP contribution in [0.2, 0.25) is 0 Å². The summed E-state index contributed by atoms with van der Waals surface area (Å²) in [6, 6.07) is 7.96. The summed E-state index contributed by atoms with van der Waals surface area (Å²) >= 11 is 1.56. The van der Waals surface area contributed by atoms with E-state index in [1.54, 1.807) is 11.8 Å². The fourth-order valence-corrected chi connectivity index (χ4v) is 2.03. The number of nitriles is 1. The molecule has 0 radical (unpaired) electrons. The Balaban J connectivity index is 2.18. The SMILES string of the molecule is CSc1cccc(NCc2ncn[nH]2)c1C#N. The number of anilines is 1. The Labute approximate surface area is 103 Å². The molecule has 6 heteroatoms. The number of nitrogens with one attached hydrogen (secondary N) is 2. The molecule has 1 heterocycles. The van der Waals surface area contributed by atoms with Crippen molar-refractivity contribution in [2.24, 2.45) is 0 Å². The van der Waals surface area contributed by atoms with Crippen molar-refractivity contribution in [3.05, 3.63) is 35.9 Å². The van der Waals surface area contributed by atoms with Gasteiger partial charge in [0.05, 0.1) is 17.8 Å². The van der Waals surface area contributed by atoms with Gasteiger partial charge in [0.2, 0.25) is 0 Å². The predicted octanol–water partition coefficient (Wildman–Crippen LogP) is 2.01. The Morgan fingerprint density at radius 2 is 2.41 bits per heavy atom. The lowest BCUT2D eigenvalue weighted by molar-refractivity contribution is 0.953. The first-order valence-corrected chi connectivity index (χ1v) is 6.23. The van der Waals surface area contributed by atoms with Gasteiger partial charge in [-0.2, -0.15) is 10.4 Å². The summed E-state index contributed by atoms with van der Waals surface area (Å²) in [5.74, 6) is 0.739. The van der Waals surface area contributed by atoms with Crippen LogP contribution in [-0.4, -0.2) is 21.4 Å². The van der Waals surface area contributed by atoms with E-state index in [1.165, 1.54) is 6.33 Å². The van der Waals surface area contributed by atoms with Gasteiger partial charge in [0.1, 0.15) is 18.2 Å². The molecular formula is C11H11N5S. The molecule has 17 heavy (non-hydrogen) atoms. The standard InChI is InChI=1S/C11H11N5S/c1-17-10-4-2-3-9(8(10)5-12)13-6-11-14-7-15-16-11/h2-4,7,13H,6H2,1H3,(H,14,15,16). The molecule has 0 bridgehead atoms. The molecule has 0 aliphatic rings. The summed E-state index contributed by atoms with van der Waals surface area (Å²) in [7, 11) is 0. The fraction of sp³-hybridized carbons (Fsp3) is 0.182. The Morgan fingerprint density at radius 3 is 3.06 bits per heavy atom. The lowest BCUT2D eigenvalue weighted by Gasteiger charge is -2.08. The average molecular weight is 245 g/mol. The second-order valence-electron chi connectivity index (χ2n) is 3.28. The highest BCUT2D eigenvalue weighted by Gasteiger charge is 2.07. The maximum atomic E-state index is 9.15. The van der Waals surface area contributed by atoms with Crippen LogP contribution in [0.15, 0.2) is 29.4 Å². The zero-order valence-electron chi connectivity index (χ0n) is 9.27. The highest BCUT2D eigenvalue weighted by Crippen LogP contribution is 2.26. The largest absolute Gasteiger partial charge is 0.377 e. The minimum Gasteiger partial charge on any atom is -0.377 e. The highest BCUT2D eigenvalue weighted by molar-refractivity contribution is 7.98. The molecule has 1 aromatic carbocycles. The Morgan fingerprint density at radius 1 is 1.53 bits per heavy atom. The van der Waals surface area contributed by atoms with Gasteiger partial charge in [0.25, 0.3) is 0 Å². The second-order valence-corrected chi connectivity index (χ2v) is 4.13. The van der Waals surface area contributed by atoms with Crippen LogP contribution in [0, 0.1) is 11.3 Å². The van der Waals surface area contributed by atoms with Crippen LogP contribution in [0.25, 0.3) is 0 Å². The van der Waals surface area contributed by atoms with Crippen molar-refractivity contribution in [1.82, 2.24) is 15.2 Å². The van der Waals surface area contributed by atoms with Crippen molar-refractivity contribution in [3.8, 4) is 6.07 Å². The quantitative estimate of drug-likeness (QED) is 0.806. The van der Waals surface area contributed by atoms with E-state index >= 15 is 0 Å². The number of benzene rings is 1. The Kier molecular flexibility index (Phi) is 3.62. The molecule has 2 aromatic rings. The summed E-state index contributed by atoms with van der Waals surface area (Å²) < 4.78 is 0. The number of aromatic nitrogens is 3. The van der Waals surface area contributed by atoms with E-state index in [9.17, 15) is 0 Å². The fourth-order valence-electron chi connectivity index (χ4n) is 1.46. The molecule has 0 saturated carbocycles. The minimum atomic E-state index is 0.520.